The summed E-state index contributed by atoms with van der Waals surface area (Å²) in [5, 5.41) is 6.78. The standard InChI is InChI=1S/C13H15ClN2OS/c1-2-15-8-10-3-4-12(11(14)7-10)17-9-13-16-5-6-18-13/h3-7,15H,2,8-9H2,1H3. The summed E-state index contributed by atoms with van der Waals surface area (Å²) in [6.07, 6.45) is 1.77. The van der Waals surface area contributed by atoms with Gasteiger partial charge in [0, 0.05) is 18.1 Å². The zero-order valence-corrected chi connectivity index (χ0v) is 11.7. The smallest absolute Gasteiger partial charge is 0.140 e. The highest BCUT2D eigenvalue weighted by molar-refractivity contribution is 7.09. The third-order valence-corrected chi connectivity index (χ3v) is 3.46. The maximum Gasteiger partial charge on any atom is 0.140 e. The first-order valence-electron chi connectivity index (χ1n) is 5.80. The molecule has 0 atom stereocenters. The van der Waals surface area contributed by atoms with Gasteiger partial charge in [-0.2, -0.15) is 0 Å². The Morgan fingerprint density at radius 1 is 1.44 bits per heavy atom. The number of ether oxygens (including phenoxy) is 1. The predicted octanol–water partition coefficient (Wildman–Crippen LogP) is 3.49. The molecule has 0 radical (unpaired) electrons. The van der Waals surface area contributed by atoms with Crippen molar-refractivity contribution in [3.05, 3.63) is 45.4 Å². The van der Waals surface area contributed by atoms with Crippen molar-refractivity contribution in [1.82, 2.24) is 10.3 Å². The van der Waals surface area contributed by atoms with Crippen molar-refractivity contribution >= 4 is 22.9 Å². The van der Waals surface area contributed by atoms with Crippen molar-refractivity contribution in [3.63, 3.8) is 0 Å². The van der Waals surface area contributed by atoms with Gasteiger partial charge in [0.15, 0.2) is 0 Å². The topological polar surface area (TPSA) is 34.1 Å². The van der Waals surface area contributed by atoms with Crippen LogP contribution in [0.1, 0.15) is 17.5 Å². The fourth-order valence-corrected chi connectivity index (χ4v) is 2.29. The summed E-state index contributed by atoms with van der Waals surface area (Å²) >= 11 is 7.75. The van der Waals surface area contributed by atoms with E-state index >= 15 is 0 Å². The lowest BCUT2D eigenvalue weighted by Gasteiger charge is -2.08. The Kier molecular flexibility index (Phi) is 4.99. The largest absolute Gasteiger partial charge is 0.485 e. The molecule has 18 heavy (non-hydrogen) atoms. The summed E-state index contributed by atoms with van der Waals surface area (Å²) in [6.45, 7) is 4.31. The van der Waals surface area contributed by atoms with Crippen molar-refractivity contribution in [2.45, 2.75) is 20.1 Å². The molecule has 0 saturated heterocycles. The van der Waals surface area contributed by atoms with E-state index < -0.39 is 0 Å². The molecule has 0 aliphatic heterocycles. The van der Waals surface area contributed by atoms with Crippen LogP contribution in [-0.4, -0.2) is 11.5 Å². The molecular weight excluding hydrogens is 268 g/mol. The van der Waals surface area contributed by atoms with Crippen molar-refractivity contribution in [1.29, 1.82) is 0 Å². The highest BCUT2D eigenvalue weighted by atomic mass is 35.5. The number of aromatic nitrogens is 1. The summed E-state index contributed by atoms with van der Waals surface area (Å²) < 4.78 is 5.64. The highest BCUT2D eigenvalue weighted by Crippen LogP contribution is 2.26. The van der Waals surface area contributed by atoms with E-state index in [1.165, 1.54) is 0 Å². The minimum absolute atomic E-state index is 0.462. The highest BCUT2D eigenvalue weighted by Gasteiger charge is 2.04. The number of nitrogens with zero attached hydrogens (tertiary/aromatic N) is 1. The molecule has 1 N–H and O–H groups in total. The van der Waals surface area contributed by atoms with Gasteiger partial charge >= 0.3 is 0 Å². The van der Waals surface area contributed by atoms with Gasteiger partial charge in [-0.1, -0.05) is 24.6 Å². The minimum atomic E-state index is 0.462. The summed E-state index contributed by atoms with van der Waals surface area (Å²) in [5.74, 6) is 0.701. The number of rotatable bonds is 6. The zero-order valence-electron chi connectivity index (χ0n) is 10.1. The second-order valence-corrected chi connectivity index (χ2v) is 5.15. The van der Waals surface area contributed by atoms with Crippen LogP contribution >= 0.6 is 22.9 Å². The molecule has 2 aromatic rings. The Morgan fingerprint density at radius 3 is 3.00 bits per heavy atom. The van der Waals surface area contributed by atoms with Crippen LogP contribution in [0.15, 0.2) is 29.8 Å². The van der Waals surface area contributed by atoms with Gasteiger partial charge < -0.3 is 10.1 Å². The van der Waals surface area contributed by atoms with Gasteiger partial charge in [-0.3, -0.25) is 0 Å². The molecule has 5 heteroatoms. The van der Waals surface area contributed by atoms with Crippen LogP contribution in [-0.2, 0) is 13.2 Å². The SMILES string of the molecule is CCNCc1ccc(OCc2nccs2)c(Cl)c1. The van der Waals surface area contributed by atoms with E-state index in [1.807, 2.05) is 23.6 Å². The molecule has 0 unspecified atom stereocenters. The third kappa shape index (κ3) is 3.70. The van der Waals surface area contributed by atoms with E-state index in [2.05, 4.69) is 17.2 Å². The van der Waals surface area contributed by atoms with Crippen LogP contribution in [0.5, 0.6) is 5.75 Å². The maximum atomic E-state index is 6.18. The molecule has 1 heterocycles. The van der Waals surface area contributed by atoms with Gasteiger partial charge in [-0.05, 0) is 24.2 Å². The molecule has 1 aromatic heterocycles. The summed E-state index contributed by atoms with van der Waals surface area (Å²) in [7, 11) is 0. The van der Waals surface area contributed by atoms with Gasteiger partial charge in [0.25, 0.3) is 0 Å². The second kappa shape index (κ2) is 6.73. The Hall–Kier alpha value is -1.10. The van der Waals surface area contributed by atoms with Gasteiger partial charge in [0.05, 0.1) is 5.02 Å². The monoisotopic (exact) mass is 282 g/mol. The normalized spacial score (nSPS) is 10.6. The van der Waals surface area contributed by atoms with Crippen molar-refractivity contribution in [3.8, 4) is 5.75 Å². The van der Waals surface area contributed by atoms with Gasteiger partial charge in [0.1, 0.15) is 17.4 Å². The second-order valence-electron chi connectivity index (χ2n) is 3.76. The molecule has 2 rings (SSSR count). The van der Waals surface area contributed by atoms with Gasteiger partial charge in [-0.15, -0.1) is 11.3 Å². The molecule has 0 saturated carbocycles. The van der Waals surface area contributed by atoms with Crippen molar-refractivity contribution in [2.75, 3.05) is 6.54 Å². The number of nitrogens with one attached hydrogen (secondary N) is 1. The zero-order chi connectivity index (χ0) is 12.8. The van der Waals surface area contributed by atoms with Crippen LogP contribution in [0, 0.1) is 0 Å². The molecule has 0 spiro atoms. The maximum absolute atomic E-state index is 6.18. The number of halogens is 1. The number of benzene rings is 1. The van der Waals surface area contributed by atoms with E-state index in [0.29, 0.717) is 17.4 Å². The molecule has 1 aromatic carbocycles. The van der Waals surface area contributed by atoms with E-state index in [4.69, 9.17) is 16.3 Å². The molecule has 0 bridgehead atoms. The first-order chi connectivity index (χ1) is 8.79. The first-order valence-corrected chi connectivity index (χ1v) is 7.05. The fraction of sp³-hybridized carbons (Fsp3) is 0.308. The summed E-state index contributed by atoms with van der Waals surface area (Å²) in [4.78, 5) is 4.16. The van der Waals surface area contributed by atoms with Crippen LogP contribution in [0.25, 0.3) is 0 Å². The number of hydrogen-bond donors (Lipinski definition) is 1. The van der Waals surface area contributed by atoms with Crippen molar-refractivity contribution in [2.24, 2.45) is 0 Å². The minimum Gasteiger partial charge on any atom is -0.485 e. The Labute approximate surface area is 116 Å². The van der Waals surface area contributed by atoms with Crippen LogP contribution in [0.4, 0.5) is 0 Å². The van der Waals surface area contributed by atoms with E-state index in [0.717, 1.165) is 23.7 Å². The Morgan fingerprint density at radius 2 is 2.33 bits per heavy atom. The predicted molar refractivity (Wildman–Crippen MR) is 75.3 cm³/mol. The molecule has 0 amide bonds. The molecule has 0 aliphatic carbocycles. The summed E-state index contributed by atoms with van der Waals surface area (Å²) in [5.41, 5.74) is 1.16. The van der Waals surface area contributed by atoms with Crippen LogP contribution in [0.3, 0.4) is 0 Å². The van der Waals surface area contributed by atoms with Crippen molar-refractivity contribution < 1.29 is 4.74 Å². The summed E-state index contributed by atoms with van der Waals surface area (Å²) in [6, 6.07) is 5.86. The Balaban J connectivity index is 1.96. The van der Waals surface area contributed by atoms with E-state index in [-0.39, 0.29) is 0 Å². The molecule has 96 valence electrons. The fourth-order valence-electron chi connectivity index (χ4n) is 1.50. The lowest BCUT2D eigenvalue weighted by Crippen LogP contribution is -2.11. The Bertz CT molecular complexity index is 488. The molecule has 3 nitrogen and oxygen atoms in total. The van der Waals surface area contributed by atoms with Gasteiger partial charge in [-0.25, -0.2) is 4.98 Å². The lowest BCUT2D eigenvalue weighted by molar-refractivity contribution is 0.305. The lowest BCUT2D eigenvalue weighted by atomic mass is 10.2. The third-order valence-electron chi connectivity index (χ3n) is 2.41. The average molecular weight is 283 g/mol. The van der Waals surface area contributed by atoms with Gasteiger partial charge in [0.2, 0.25) is 0 Å². The van der Waals surface area contributed by atoms with E-state index in [9.17, 15) is 0 Å². The molecule has 0 fully saturated rings. The van der Waals surface area contributed by atoms with Crippen LogP contribution in [0.2, 0.25) is 5.02 Å². The quantitative estimate of drug-likeness (QED) is 0.881. The first kappa shape index (κ1) is 13.3. The van der Waals surface area contributed by atoms with Crippen LogP contribution < -0.4 is 10.1 Å². The number of thiazole rings is 1. The van der Waals surface area contributed by atoms with E-state index in [1.54, 1.807) is 17.5 Å². The number of hydrogen-bond acceptors (Lipinski definition) is 4. The average Bonchev–Trinajstić information content (AvgIpc) is 2.88. The molecular formula is C13H15ClN2OS. The molecule has 0 aliphatic rings.